The van der Waals surface area contributed by atoms with Crippen molar-refractivity contribution in [3.63, 3.8) is 0 Å². The molecule has 0 radical (unpaired) electrons. The number of nitrogens with zero attached hydrogens (tertiary/aromatic N) is 2. The second-order valence-corrected chi connectivity index (χ2v) is 11.6. The van der Waals surface area contributed by atoms with Crippen molar-refractivity contribution >= 4 is 22.7 Å². The molecule has 1 aliphatic heterocycles. The van der Waals surface area contributed by atoms with E-state index in [1.54, 1.807) is 7.11 Å². The number of fused-ring (bicyclic) bond motifs is 2. The zero-order valence-electron chi connectivity index (χ0n) is 29.0. The summed E-state index contributed by atoms with van der Waals surface area (Å²) in [7, 11) is 1.66. The van der Waals surface area contributed by atoms with E-state index in [2.05, 4.69) is 89.2 Å². The molecule has 3 aromatic carbocycles. The van der Waals surface area contributed by atoms with Gasteiger partial charge in [-0.1, -0.05) is 55.8 Å². The van der Waals surface area contributed by atoms with Crippen LogP contribution in [0.2, 0.25) is 0 Å². The van der Waals surface area contributed by atoms with Gasteiger partial charge >= 0.3 is 0 Å². The van der Waals surface area contributed by atoms with E-state index in [4.69, 9.17) is 33.2 Å². The summed E-state index contributed by atoms with van der Waals surface area (Å²) in [5.41, 5.74) is 5.81. The van der Waals surface area contributed by atoms with Crippen molar-refractivity contribution in [1.82, 2.24) is 0 Å². The predicted octanol–water partition coefficient (Wildman–Crippen LogP) is 6.39. The van der Waals surface area contributed by atoms with E-state index in [-0.39, 0.29) is 0 Å². The van der Waals surface area contributed by atoms with Crippen LogP contribution in [-0.2, 0) is 34.8 Å². The summed E-state index contributed by atoms with van der Waals surface area (Å²) < 4.78 is 41.9. The number of methoxy groups -OCH3 is 1. The van der Waals surface area contributed by atoms with Gasteiger partial charge in [0.15, 0.2) is 11.4 Å². The Hall–Kier alpha value is -3.83. The van der Waals surface area contributed by atoms with Crippen LogP contribution in [0, 0.1) is 0 Å². The highest BCUT2D eigenvalue weighted by molar-refractivity contribution is 5.87. The fourth-order valence-corrected chi connectivity index (χ4v) is 5.74. The molecule has 0 fully saturated rings. The summed E-state index contributed by atoms with van der Waals surface area (Å²) >= 11 is 0. The highest BCUT2D eigenvalue weighted by atomic mass is 16.6. The van der Waals surface area contributed by atoms with Gasteiger partial charge in [-0.2, -0.15) is 4.57 Å². The van der Waals surface area contributed by atoms with Crippen LogP contribution in [0.25, 0.3) is 22.7 Å². The van der Waals surface area contributed by atoms with E-state index >= 15 is 0 Å². The Kier molecular flexibility index (Phi) is 15.3. The first-order chi connectivity index (χ1) is 24.3. The third kappa shape index (κ3) is 10.8. The summed E-state index contributed by atoms with van der Waals surface area (Å²) in [4.78, 5) is 2.20. The molecular formula is C40H51N2O7+. The van der Waals surface area contributed by atoms with Crippen molar-refractivity contribution in [3.8, 4) is 11.4 Å². The largest absolute Gasteiger partial charge is 0.439 e. The van der Waals surface area contributed by atoms with Gasteiger partial charge in [-0.3, -0.25) is 0 Å². The van der Waals surface area contributed by atoms with E-state index in [1.807, 2.05) is 18.2 Å². The maximum absolute atomic E-state index is 6.46. The van der Waals surface area contributed by atoms with Crippen molar-refractivity contribution < 1.29 is 37.7 Å². The van der Waals surface area contributed by atoms with Gasteiger partial charge in [0.25, 0.3) is 0 Å². The van der Waals surface area contributed by atoms with Gasteiger partial charge < -0.3 is 38.1 Å². The molecule has 4 aromatic rings. The lowest BCUT2D eigenvalue weighted by Gasteiger charge is -2.19. The smallest absolute Gasteiger partial charge is 0.219 e. The van der Waals surface area contributed by atoms with Crippen LogP contribution in [0.4, 0.5) is 5.69 Å². The molecule has 2 heterocycles. The number of pyridine rings is 1. The van der Waals surface area contributed by atoms with Crippen molar-refractivity contribution in [2.75, 3.05) is 91.2 Å². The van der Waals surface area contributed by atoms with Crippen LogP contribution in [0.1, 0.15) is 31.0 Å². The molecule has 0 amide bonds. The summed E-state index contributed by atoms with van der Waals surface area (Å²) in [5.74, 6) is 1.65. The number of hydrogen-bond acceptors (Lipinski definition) is 8. The minimum Gasteiger partial charge on any atom is -0.439 e. The van der Waals surface area contributed by atoms with Crippen molar-refractivity contribution in [2.24, 2.45) is 0 Å². The zero-order valence-corrected chi connectivity index (χ0v) is 29.0. The van der Waals surface area contributed by atoms with E-state index in [1.165, 1.54) is 22.3 Å². The fourth-order valence-electron chi connectivity index (χ4n) is 5.74. The minimum atomic E-state index is 0.505. The monoisotopic (exact) mass is 671 g/mol. The van der Waals surface area contributed by atoms with Crippen molar-refractivity contribution in [2.45, 2.75) is 26.2 Å². The SMILES string of the molecule is CCCCc1cc(/C=C2\Oc3ccccc3N2CCOCCOCCOCCOCCOCCOC)c2ccccc2[n+]1-c1ccccc1. The predicted molar refractivity (Wildman–Crippen MR) is 192 cm³/mol. The number of unbranched alkanes of at least 4 members (excludes halogenated alkanes) is 1. The second-order valence-electron chi connectivity index (χ2n) is 11.6. The van der Waals surface area contributed by atoms with Gasteiger partial charge in [-0.25, -0.2) is 0 Å². The molecule has 5 rings (SSSR count). The number of para-hydroxylation sites is 4. The molecule has 1 aliphatic rings. The Morgan fingerprint density at radius 3 is 1.94 bits per heavy atom. The van der Waals surface area contributed by atoms with Crippen LogP contribution in [0.3, 0.4) is 0 Å². The normalized spacial score (nSPS) is 13.3. The number of aryl methyl sites for hydroxylation is 1. The fraction of sp³-hybridized carbons (Fsp3) is 0.425. The average molecular weight is 672 g/mol. The number of anilines is 1. The average Bonchev–Trinajstić information content (AvgIpc) is 3.48. The maximum Gasteiger partial charge on any atom is 0.219 e. The minimum absolute atomic E-state index is 0.505. The van der Waals surface area contributed by atoms with E-state index in [0.29, 0.717) is 79.2 Å². The second kappa shape index (κ2) is 20.6. The first-order valence-electron chi connectivity index (χ1n) is 17.5. The number of rotatable bonds is 23. The lowest BCUT2D eigenvalue weighted by Crippen LogP contribution is -2.37. The molecule has 49 heavy (non-hydrogen) atoms. The molecule has 0 bridgehead atoms. The topological polar surface area (TPSA) is 71.7 Å². The highest BCUT2D eigenvalue weighted by Gasteiger charge is 2.27. The van der Waals surface area contributed by atoms with Crippen LogP contribution in [0.15, 0.2) is 90.8 Å². The van der Waals surface area contributed by atoms with Gasteiger partial charge in [-0.05, 0) is 30.2 Å². The number of hydrogen-bond donors (Lipinski definition) is 0. The molecule has 0 unspecified atom stereocenters. The van der Waals surface area contributed by atoms with Crippen molar-refractivity contribution in [1.29, 1.82) is 0 Å². The number of ether oxygens (including phenoxy) is 7. The third-order valence-corrected chi connectivity index (χ3v) is 8.16. The molecule has 0 aliphatic carbocycles. The van der Waals surface area contributed by atoms with Crippen molar-refractivity contribution in [3.05, 3.63) is 102 Å². The Balaban J connectivity index is 1.15. The molecule has 9 nitrogen and oxygen atoms in total. The van der Waals surface area contributed by atoms with Gasteiger partial charge in [0.2, 0.25) is 17.1 Å². The highest BCUT2D eigenvalue weighted by Crippen LogP contribution is 2.39. The summed E-state index contributed by atoms with van der Waals surface area (Å²) in [6, 6.07) is 29.8. The van der Waals surface area contributed by atoms with Gasteiger partial charge in [0, 0.05) is 50.4 Å². The molecule has 0 N–H and O–H groups in total. The van der Waals surface area contributed by atoms with Gasteiger partial charge in [-0.15, -0.1) is 0 Å². The quantitative estimate of drug-likeness (QED) is 0.0665. The molecule has 9 heteroatoms. The maximum atomic E-state index is 6.46. The Labute approximate surface area is 290 Å². The summed E-state index contributed by atoms with van der Waals surface area (Å²) in [6.07, 6.45) is 5.41. The van der Waals surface area contributed by atoms with Crippen LogP contribution >= 0.6 is 0 Å². The molecular weight excluding hydrogens is 620 g/mol. The summed E-state index contributed by atoms with van der Waals surface area (Å²) in [6.45, 7) is 8.81. The molecule has 0 saturated heterocycles. The van der Waals surface area contributed by atoms with E-state index in [0.717, 1.165) is 42.1 Å². The Morgan fingerprint density at radius 1 is 0.673 bits per heavy atom. The van der Waals surface area contributed by atoms with Crippen LogP contribution in [0.5, 0.6) is 5.75 Å². The zero-order chi connectivity index (χ0) is 33.9. The molecule has 262 valence electrons. The first-order valence-corrected chi connectivity index (χ1v) is 17.5. The Bertz CT molecular complexity index is 1580. The lowest BCUT2D eigenvalue weighted by atomic mass is 10.0. The molecule has 0 spiro atoms. The number of benzene rings is 3. The van der Waals surface area contributed by atoms with Crippen LogP contribution < -0.4 is 14.2 Å². The Morgan fingerprint density at radius 2 is 1.27 bits per heavy atom. The lowest BCUT2D eigenvalue weighted by molar-refractivity contribution is -0.576. The summed E-state index contributed by atoms with van der Waals surface area (Å²) in [5, 5.41) is 1.17. The molecule has 1 aromatic heterocycles. The third-order valence-electron chi connectivity index (χ3n) is 8.16. The van der Waals surface area contributed by atoms with E-state index in [9.17, 15) is 0 Å². The first kappa shape index (κ1) is 36.5. The van der Waals surface area contributed by atoms with Gasteiger partial charge in [0.05, 0.1) is 83.7 Å². The number of aromatic nitrogens is 1. The molecule has 0 atom stereocenters. The standard InChI is InChI=1S/C40H51N2O7/c1-3-4-12-35-31-33(36-15-8-9-16-37(36)42(35)34-13-6-5-7-14-34)32-40-41(38-17-10-11-18-39(38)49-40)19-20-44-23-24-46-27-28-48-30-29-47-26-25-45-22-21-43-2/h5-11,13-18,31-32H,3-4,12,19-30H2,1-2H3/q+1. The van der Waals surface area contributed by atoms with E-state index < -0.39 is 0 Å². The van der Waals surface area contributed by atoms with Gasteiger partial charge in [0.1, 0.15) is 0 Å². The molecule has 0 saturated carbocycles. The van der Waals surface area contributed by atoms with Crippen LogP contribution in [-0.4, -0.2) is 86.3 Å².